The Morgan fingerprint density at radius 2 is 2.06 bits per heavy atom. The molecule has 2 unspecified atom stereocenters. The number of hydrogen-bond acceptors (Lipinski definition) is 2. The Balaban J connectivity index is 2.29. The molecule has 2 N–H and O–H groups in total. The predicted octanol–water partition coefficient (Wildman–Crippen LogP) is 2.31. The molecule has 106 valence electrons. The van der Waals surface area contributed by atoms with Crippen molar-refractivity contribution in [3.05, 3.63) is 0 Å². The van der Waals surface area contributed by atoms with Gasteiger partial charge in [0.05, 0.1) is 6.04 Å². The molecule has 0 aromatic rings. The minimum absolute atomic E-state index is 0.00683. The van der Waals surface area contributed by atoms with Crippen molar-refractivity contribution in [3.63, 3.8) is 0 Å². The fourth-order valence-corrected chi connectivity index (χ4v) is 2.30. The summed E-state index contributed by atoms with van der Waals surface area (Å²) in [5.74, 6) is -2.62. The van der Waals surface area contributed by atoms with Gasteiger partial charge in [0.15, 0.2) is 0 Å². The van der Waals surface area contributed by atoms with Crippen LogP contribution in [0.2, 0.25) is 0 Å². The molecular formula is C13H24F2N2O. The smallest absolute Gasteiger partial charge is 0.248 e. The third kappa shape index (κ3) is 5.29. The summed E-state index contributed by atoms with van der Waals surface area (Å²) in [7, 11) is 0. The monoisotopic (exact) mass is 262 g/mol. The molecule has 5 heteroatoms. The van der Waals surface area contributed by atoms with E-state index in [2.05, 4.69) is 10.6 Å². The lowest BCUT2D eigenvalue weighted by atomic mass is 9.86. The van der Waals surface area contributed by atoms with Crippen LogP contribution in [0.1, 0.15) is 46.5 Å². The fourth-order valence-electron chi connectivity index (χ4n) is 2.30. The van der Waals surface area contributed by atoms with E-state index in [0.717, 1.165) is 6.42 Å². The van der Waals surface area contributed by atoms with Gasteiger partial charge in [0.1, 0.15) is 0 Å². The van der Waals surface area contributed by atoms with Crippen molar-refractivity contribution in [3.8, 4) is 0 Å². The molecule has 0 radical (unpaired) electrons. The SMILES string of the molecule is CC(C)NC(=O)C(C)NCC1CCCC(F)(F)C1. The molecule has 1 aliphatic rings. The summed E-state index contributed by atoms with van der Waals surface area (Å²) in [6, 6.07) is -0.233. The van der Waals surface area contributed by atoms with Crippen molar-refractivity contribution in [1.82, 2.24) is 10.6 Å². The van der Waals surface area contributed by atoms with Crippen LogP contribution in [0.4, 0.5) is 8.78 Å². The molecule has 1 fully saturated rings. The molecule has 0 heterocycles. The maximum atomic E-state index is 13.2. The van der Waals surface area contributed by atoms with Crippen LogP contribution in [0.5, 0.6) is 0 Å². The molecule has 0 aromatic heterocycles. The molecule has 0 bridgehead atoms. The van der Waals surface area contributed by atoms with E-state index in [4.69, 9.17) is 0 Å². The van der Waals surface area contributed by atoms with Crippen LogP contribution < -0.4 is 10.6 Å². The van der Waals surface area contributed by atoms with Gasteiger partial charge in [-0.3, -0.25) is 4.79 Å². The number of amides is 1. The zero-order valence-electron chi connectivity index (χ0n) is 11.4. The average molecular weight is 262 g/mol. The van der Waals surface area contributed by atoms with Crippen LogP contribution in [0.3, 0.4) is 0 Å². The van der Waals surface area contributed by atoms with Gasteiger partial charge in [-0.25, -0.2) is 8.78 Å². The third-order valence-electron chi connectivity index (χ3n) is 3.28. The molecule has 0 spiro atoms. The van der Waals surface area contributed by atoms with Gasteiger partial charge < -0.3 is 10.6 Å². The minimum Gasteiger partial charge on any atom is -0.353 e. The van der Waals surface area contributed by atoms with Crippen molar-refractivity contribution < 1.29 is 13.6 Å². The van der Waals surface area contributed by atoms with E-state index in [1.54, 1.807) is 6.92 Å². The normalized spacial score (nSPS) is 24.9. The summed E-state index contributed by atoms with van der Waals surface area (Å²) in [6.45, 7) is 6.04. The van der Waals surface area contributed by atoms with E-state index in [1.807, 2.05) is 13.8 Å². The van der Waals surface area contributed by atoms with Gasteiger partial charge in [0.2, 0.25) is 11.8 Å². The summed E-state index contributed by atoms with van der Waals surface area (Å²) in [5.41, 5.74) is 0. The number of alkyl halides is 2. The zero-order chi connectivity index (χ0) is 13.8. The first kappa shape index (κ1) is 15.3. The molecule has 1 rings (SSSR count). The predicted molar refractivity (Wildman–Crippen MR) is 67.6 cm³/mol. The summed E-state index contributed by atoms with van der Waals surface area (Å²) in [6.07, 6.45) is 1.35. The van der Waals surface area contributed by atoms with Gasteiger partial charge in [-0.1, -0.05) is 0 Å². The van der Waals surface area contributed by atoms with E-state index in [9.17, 15) is 13.6 Å². The highest BCUT2D eigenvalue weighted by Crippen LogP contribution is 2.36. The van der Waals surface area contributed by atoms with Crippen LogP contribution in [0.25, 0.3) is 0 Å². The Hall–Kier alpha value is -0.710. The molecule has 1 saturated carbocycles. The van der Waals surface area contributed by atoms with Crippen molar-refractivity contribution in [2.24, 2.45) is 5.92 Å². The summed E-state index contributed by atoms with van der Waals surface area (Å²) < 4.78 is 26.4. The Labute approximate surface area is 108 Å². The first-order valence-corrected chi connectivity index (χ1v) is 6.72. The molecular weight excluding hydrogens is 238 g/mol. The van der Waals surface area contributed by atoms with Crippen molar-refractivity contribution >= 4 is 5.91 Å². The highest BCUT2D eigenvalue weighted by molar-refractivity contribution is 5.81. The van der Waals surface area contributed by atoms with Gasteiger partial charge >= 0.3 is 0 Å². The topological polar surface area (TPSA) is 41.1 Å². The van der Waals surface area contributed by atoms with Crippen LogP contribution in [0.15, 0.2) is 0 Å². The van der Waals surface area contributed by atoms with Gasteiger partial charge in [-0.15, -0.1) is 0 Å². The van der Waals surface area contributed by atoms with E-state index >= 15 is 0 Å². The Morgan fingerprint density at radius 1 is 1.39 bits per heavy atom. The molecule has 0 saturated heterocycles. The highest BCUT2D eigenvalue weighted by atomic mass is 19.3. The van der Waals surface area contributed by atoms with Crippen LogP contribution in [-0.4, -0.2) is 30.5 Å². The zero-order valence-corrected chi connectivity index (χ0v) is 11.4. The highest BCUT2D eigenvalue weighted by Gasteiger charge is 2.36. The molecule has 1 amide bonds. The van der Waals surface area contributed by atoms with Crippen LogP contribution in [0, 0.1) is 5.92 Å². The largest absolute Gasteiger partial charge is 0.353 e. The van der Waals surface area contributed by atoms with Crippen LogP contribution >= 0.6 is 0 Å². The number of nitrogens with one attached hydrogen (secondary N) is 2. The number of hydrogen-bond donors (Lipinski definition) is 2. The molecule has 0 aliphatic heterocycles. The van der Waals surface area contributed by atoms with E-state index in [1.165, 1.54) is 0 Å². The van der Waals surface area contributed by atoms with E-state index in [0.29, 0.717) is 13.0 Å². The lowest BCUT2D eigenvalue weighted by Gasteiger charge is -2.29. The second kappa shape index (κ2) is 6.45. The summed E-state index contributed by atoms with van der Waals surface area (Å²) in [5, 5.41) is 5.85. The number of carbonyl (C=O) groups is 1. The standard InChI is InChI=1S/C13H24F2N2O/c1-9(2)17-12(18)10(3)16-8-11-5-4-6-13(14,15)7-11/h9-11,16H,4-8H2,1-3H3,(H,17,18). The van der Waals surface area contributed by atoms with E-state index in [-0.39, 0.29) is 36.8 Å². The fraction of sp³-hybridized carbons (Fsp3) is 0.923. The molecule has 18 heavy (non-hydrogen) atoms. The summed E-state index contributed by atoms with van der Waals surface area (Å²) >= 11 is 0. The van der Waals surface area contributed by atoms with Gasteiger partial charge in [0.25, 0.3) is 0 Å². The lowest BCUT2D eigenvalue weighted by Crippen LogP contribution is -2.46. The minimum atomic E-state index is -2.52. The van der Waals surface area contributed by atoms with Gasteiger partial charge in [0, 0.05) is 18.9 Å². The molecule has 0 aromatic carbocycles. The quantitative estimate of drug-likeness (QED) is 0.798. The summed E-state index contributed by atoms with van der Waals surface area (Å²) in [4.78, 5) is 11.6. The van der Waals surface area contributed by atoms with Crippen molar-refractivity contribution in [2.75, 3.05) is 6.54 Å². The Morgan fingerprint density at radius 3 is 2.61 bits per heavy atom. The van der Waals surface area contributed by atoms with E-state index < -0.39 is 5.92 Å². The molecule has 3 nitrogen and oxygen atoms in total. The molecule has 2 atom stereocenters. The van der Waals surface area contributed by atoms with Crippen molar-refractivity contribution in [1.29, 1.82) is 0 Å². The lowest BCUT2D eigenvalue weighted by molar-refractivity contribution is -0.123. The van der Waals surface area contributed by atoms with Crippen molar-refractivity contribution in [2.45, 2.75) is 64.5 Å². The Kier molecular flexibility index (Phi) is 5.50. The maximum absolute atomic E-state index is 13.2. The second-order valence-corrected chi connectivity index (χ2v) is 5.61. The number of carbonyl (C=O) groups excluding carboxylic acids is 1. The third-order valence-corrected chi connectivity index (χ3v) is 3.28. The average Bonchev–Trinajstić information content (AvgIpc) is 2.23. The number of halogens is 2. The second-order valence-electron chi connectivity index (χ2n) is 5.61. The van der Waals surface area contributed by atoms with Crippen LogP contribution in [-0.2, 0) is 4.79 Å². The first-order chi connectivity index (χ1) is 8.30. The maximum Gasteiger partial charge on any atom is 0.248 e. The van der Waals surface area contributed by atoms with Gasteiger partial charge in [-0.05, 0) is 46.1 Å². The Bertz CT molecular complexity index is 282. The molecule has 1 aliphatic carbocycles. The number of rotatable bonds is 5. The van der Waals surface area contributed by atoms with Gasteiger partial charge in [-0.2, -0.15) is 0 Å². The first-order valence-electron chi connectivity index (χ1n) is 6.72.